The predicted molar refractivity (Wildman–Crippen MR) is 127 cm³/mol. The minimum atomic E-state index is -0.469. The molecule has 0 radical (unpaired) electrons. The number of benzene rings is 2. The van der Waals surface area contributed by atoms with E-state index >= 15 is 0 Å². The van der Waals surface area contributed by atoms with Gasteiger partial charge in [0.05, 0.1) is 0 Å². The average molecular weight is 457 g/mol. The highest BCUT2D eigenvalue weighted by Crippen LogP contribution is 2.30. The minimum absolute atomic E-state index is 0.210. The normalized spacial score (nSPS) is 20.2. The number of fused-ring (bicyclic) bond motifs is 1. The van der Waals surface area contributed by atoms with Crippen LogP contribution in [-0.4, -0.2) is 53.3 Å². The third-order valence-corrected chi connectivity index (χ3v) is 6.45. The second-order valence-corrected chi connectivity index (χ2v) is 10.2. The van der Waals surface area contributed by atoms with Crippen LogP contribution in [0.25, 0.3) is 0 Å². The lowest BCUT2D eigenvalue weighted by atomic mass is 9.97. The van der Waals surface area contributed by atoms with E-state index in [1.807, 2.05) is 43.9 Å². The largest absolute Gasteiger partial charge is 0.492 e. The molecule has 2 aliphatic rings. The lowest BCUT2D eigenvalue weighted by Gasteiger charge is -2.41. The van der Waals surface area contributed by atoms with Crippen LogP contribution in [0.4, 0.5) is 4.79 Å². The first-order valence-corrected chi connectivity index (χ1v) is 11.8. The number of hydrogen-bond acceptors (Lipinski definition) is 4. The number of halogens is 1. The van der Waals surface area contributed by atoms with Crippen LogP contribution in [0.1, 0.15) is 44.7 Å². The highest BCUT2D eigenvalue weighted by Gasteiger charge is 2.34. The summed E-state index contributed by atoms with van der Waals surface area (Å²) in [5.41, 5.74) is 2.01. The Morgan fingerprint density at radius 2 is 1.78 bits per heavy atom. The van der Waals surface area contributed by atoms with E-state index in [9.17, 15) is 4.79 Å². The highest BCUT2D eigenvalue weighted by molar-refractivity contribution is 6.30. The summed E-state index contributed by atoms with van der Waals surface area (Å²) >= 11 is 6.09. The van der Waals surface area contributed by atoms with Crippen LogP contribution in [-0.2, 0) is 17.7 Å². The summed E-state index contributed by atoms with van der Waals surface area (Å²) in [5.74, 6) is 0.974. The van der Waals surface area contributed by atoms with E-state index in [0.29, 0.717) is 25.7 Å². The van der Waals surface area contributed by atoms with Gasteiger partial charge in [-0.2, -0.15) is 0 Å². The van der Waals surface area contributed by atoms with E-state index in [1.54, 1.807) is 0 Å². The SMILES string of the molecule is CC(C)(C)OC(=O)N1CCC(N2Cc3ccccc3OC[C@@H]2Cc2ccc(Cl)cc2)CC1. The second-order valence-electron chi connectivity index (χ2n) is 9.77. The Balaban J connectivity index is 1.49. The van der Waals surface area contributed by atoms with Gasteiger partial charge in [0.15, 0.2) is 0 Å². The number of likely N-dealkylation sites (tertiary alicyclic amines) is 1. The van der Waals surface area contributed by atoms with Gasteiger partial charge in [-0.3, -0.25) is 4.90 Å². The third-order valence-electron chi connectivity index (χ3n) is 6.20. The zero-order chi connectivity index (χ0) is 22.7. The maximum atomic E-state index is 12.5. The molecule has 0 spiro atoms. The number of ether oxygens (including phenoxy) is 2. The van der Waals surface area contributed by atoms with Crippen molar-refractivity contribution in [1.29, 1.82) is 0 Å². The van der Waals surface area contributed by atoms with E-state index < -0.39 is 5.60 Å². The lowest BCUT2D eigenvalue weighted by Crippen LogP contribution is -2.51. The number of rotatable bonds is 3. The Morgan fingerprint density at radius 1 is 1.09 bits per heavy atom. The summed E-state index contributed by atoms with van der Waals surface area (Å²) in [6.45, 7) is 8.66. The standard InChI is InChI=1S/C26H33ClN2O3/c1-26(2,3)32-25(30)28-14-12-22(13-15-28)29-17-20-6-4-5-7-24(20)31-18-23(29)16-19-8-10-21(27)11-9-19/h4-11,22-23H,12-18H2,1-3H3/t23-/m0/s1. The van der Waals surface area contributed by atoms with Crippen molar-refractivity contribution < 1.29 is 14.3 Å². The van der Waals surface area contributed by atoms with Gasteiger partial charge in [-0.1, -0.05) is 41.9 Å². The van der Waals surface area contributed by atoms with E-state index in [2.05, 4.69) is 35.2 Å². The molecule has 0 unspecified atom stereocenters. The molecule has 172 valence electrons. The summed E-state index contributed by atoms with van der Waals surface area (Å²) in [6.07, 6.45) is 2.55. The Bertz CT molecular complexity index is 917. The molecule has 0 bridgehead atoms. The van der Waals surface area contributed by atoms with Gasteiger partial charge in [0.2, 0.25) is 0 Å². The Labute approximate surface area is 196 Å². The molecule has 0 aliphatic carbocycles. The summed E-state index contributed by atoms with van der Waals surface area (Å²) < 4.78 is 11.8. The van der Waals surface area contributed by atoms with Crippen molar-refractivity contribution in [3.05, 3.63) is 64.7 Å². The van der Waals surface area contributed by atoms with Crippen LogP contribution in [0, 0.1) is 0 Å². The van der Waals surface area contributed by atoms with E-state index in [0.717, 1.165) is 36.6 Å². The number of nitrogens with zero attached hydrogens (tertiary/aromatic N) is 2. The molecule has 2 aromatic rings. The van der Waals surface area contributed by atoms with Crippen molar-refractivity contribution in [3.63, 3.8) is 0 Å². The smallest absolute Gasteiger partial charge is 0.410 e. The number of para-hydroxylation sites is 1. The second kappa shape index (κ2) is 9.72. The molecule has 0 N–H and O–H groups in total. The Kier molecular flexibility index (Phi) is 6.96. The molecule has 2 heterocycles. The van der Waals surface area contributed by atoms with Crippen LogP contribution in [0.15, 0.2) is 48.5 Å². The Morgan fingerprint density at radius 3 is 2.47 bits per heavy atom. The van der Waals surface area contributed by atoms with Gasteiger partial charge in [0.1, 0.15) is 18.0 Å². The van der Waals surface area contributed by atoms with Gasteiger partial charge >= 0.3 is 6.09 Å². The first-order chi connectivity index (χ1) is 15.3. The number of carbonyl (C=O) groups is 1. The van der Waals surface area contributed by atoms with E-state index in [-0.39, 0.29) is 12.1 Å². The van der Waals surface area contributed by atoms with Crippen LogP contribution in [0.2, 0.25) is 5.02 Å². The molecule has 32 heavy (non-hydrogen) atoms. The number of carbonyl (C=O) groups excluding carboxylic acids is 1. The van der Waals surface area contributed by atoms with Crippen LogP contribution >= 0.6 is 11.6 Å². The van der Waals surface area contributed by atoms with E-state index in [4.69, 9.17) is 21.1 Å². The zero-order valence-electron chi connectivity index (χ0n) is 19.2. The molecule has 1 saturated heterocycles. The van der Waals surface area contributed by atoms with Gasteiger partial charge in [0, 0.05) is 42.3 Å². The van der Waals surface area contributed by atoms with Crippen molar-refractivity contribution in [2.24, 2.45) is 0 Å². The summed E-state index contributed by atoms with van der Waals surface area (Å²) in [4.78, 5) is 16.9. The van der Waals surface area contributed by atoms with Gasteiger partial charge in [-0.05, 0) is 63.8 Å². The monoisotopic (exact) mass is 456 g/mol. The van der Waals surface area contributed by atoms with Gasteiger partial charge in [0.25, 0.3) is 0 Å². The number of hydrogen-bond donors (Lipinski definition) is 0. The Hall–Kier alpha value is -2.24. The summed E-state index contributed by atoms with van der Waals surface area (Å²) in [5, 5.41) is 0.754. The topological polar surface area (TPSA) is 42.0 Å². The molecular formula is C26H33ClN2O3. The van der Waals surface area contributed by atoms with Crippen LogP contribution < -0.4 is 4.74 Å². The fourth-order valence-corrected chi connectivity index (χ4v) is 4.71. The lowest BCUT2D eigenvalue weighted by molar-refractivity contribution is 0.00799. The average Bonchev–Trinajstić information content (AvgIpc) is 2.94. The molecule has 4 rings (SSSR count). The van der Waals surface area contributed by atoms with Crippen molar-refractivity contribution in [1.82, 2.24) is 9.80 Å². The molecule has 0 aromatic heterocycles. The molecule has 2 aliphatic heterocycles. The van der Waals surface area contributed by atoms with Crippen LogP contribution in [0.3, 0.4) is 0 Å². The fraction of sp³-hybridized carbons (Fsp3) is 0.500. The van der Waals surface area contributed by atoms with Crippen molar-refractivity contribution in [2.45, 2.75) is 64.3 Å². The van der Waals surface area contributed by atoms with Gasteiger partial charge in [-0.15, -0.1) is 0 Å². The zero-order valence-corrected chi connectivity index (χ0v) is 20.0. The first-order valence-electron chi connectivity index (χ1n) is 11.5. The minimum Gasteiger partial charge on any atom is -0.492 e. The van der Waals surface area contributed by atoms with Gasteiger partial charge in [-0.25, -0.2) is 4.79 Å². The maximum absolute atomic E-state index is 12.5. The molecule has 6 heteroatoms. The molecular weight excluding hydrogens is 424 g/mol. The fourth-order valence-electron chi connectivity index (χ4n) is 4.59. The molecule has 1 amide bonds. The third kappa shape index (κ3) is 5.76. The molecule has 1 fully saturated rings. The molecule has 0 saturated carbocycles. The van der Waals surface area contributed by atoms with Gasteiger partial charge < -0.3 is 14.4 Å². The molecule has 2 aromatic carbocycles. The molecule has 5 nitrogen and oxygen atoms in total. The van der Waals surface area contributed by atoms with Crippen LogP contribution in [0.5, 0.6) is 5.75 Å². The number of piperidine rings is 1. The summed E-state index contributed by atoms with van der Waals surface area (Å²) in [7, 11) is 0. The van der Waals surface area contributed by atoms with Crippen molar-refractivity contribution >= 4 is 17.7 Å². The summed E-state index contributed by atoms with van der Waals surface area (Å²) in [6, 6.07) is 17.1. The van der Waals surface area contributed by atoms with Crippen molar-refractivity contribution in [3.8, 4) is 5.75 Å². The quantitative estimate of drug-likeness (QED) is 0.607. The highest BCUT2D eigenvalue weighted by atomic mass is 35.5. The molecule has 1 atom stereocenters. The maximum Gasteiger partial charge on any atom is 0.410 e. The first kappa shape index (κ1) is 22.9. The predicted octanol–water partition coefficient (Wildman–Crippen LogP) is 5.55. The number of amides is 1. The van der Waals surface area contributed by atoms with Crippen molar-refractivity contribution in [2.75, 3.05) is 19.7 Å². The van der Waals surface area contributed by atoms with E-state index in [1.165, 1.54) is 11.1 Å².